The maximum Gasteiger partial charge on any atom is 0.136 e. The van der Waals surface area contributed by atoms with Gasteiger partial charge >= 0.3 is 0 Å². The molecule has 4 rings (SSSR count). The van der Waals surface area contributed by atoms with Crippen LogP contribution >= 0.6 is 34.8 Å². The highest BCUT2D eigenvalue weighted by molar-refractivity contribution is 6.42. The first-order chi connectivity index (χ1) is 13.5. The van der Waals surface area contributed by atoms with Gasteiger partial charge in [0.25, 0.3) is 0 Å². The van der Waals surface area contributed by atoms with Gasteiger partial charge < -0.3 is 5.32 Å². The molecule has 28 heavy (non-hydrogen) atoms. The second-order valence-corrected chi connectivity index (χ2v) is 8.60. The molecule has 0 bridgehead atoms. The van der Waals surface area contributed by atoms with Gasteiger partial charge in [0.1, 0.15) is 5.84 Å². The van der Waals surface area contributed by atoms with Gasteiger partial charge in [-0.2, -0.15) is 0 Å². The Bertz CT molecular complexity index is 910. The van der Waals surface area contributed by atoms with E-state index in [-0.39, 0.29) is 5.41 Å². The van der Waals surface area contributed by atoms with E-state index in [0.29, 0.717) is 21.6 Å². The number of fused-ring (bicyclic) bond motifs is 1. The van der Waals surface area contributed by atoms with E-state index in [2.05, 4.69) is 5.32 Å². The molecule has 2 aliphatic rings. The molecule has 1 spiro atoms. The average Bonchev–Trinajstić information content (AvgIpc) is 2.68. The van der Waals surface area contributed by atoms with E-state index in [1.807, 2.05) is 41.5 Å². The van der Waals surface area contributed by atoms with Crippen LogP contribution in [0, 0.1) is 5.41 Å². The van der Waals surface area contributed by atoms with Gasteiger partial charge in [-0.15, -0.1) is 0 Å². The van der Waals surface area contributed by atoms with Crippen LogP contribution in [-0.2, 0) is 17.8 Å². The van der Waals surface area contributed by atoms with Gasteiger partial charge in [0.2, 0.25) is 0 Å². The zero-order chi connectivity index (χ0) is 19.7. The molecule has 2 aromatic rings. The summed E-state index contributed by atoms with van der Waals surface area (Å²) in [5, 5.41) is 7.08. The van der Waals surface area contributed by atoms with Gasteiger partial charge in [-0.3, -0.25) is 9.83 Å². The predicted molar refractivity (Wildman–Crippen MR) is 117 cm³/mol. The molecule has 0 aliphatic carbocycles. The fourth-order valence-corrected chi connectivity index (χ4v) is 4.76. The van der Waals surface area contributed by atoms with Gasteiger partial charge in [-0.25, -0.2) is 5.06 Å². The molecule has 0 aromatic heterocycles. The average molecular weight is 439 g/mol. The number of piperidine rings is 1. The van der Waals surface area contributed by atoms with Gasteiger partial charge in [0.15, 0.2) is 0 Å². The fourth-order valence-electron chi connectivity index (χ4n) is 4.21. The lowest BCUT2D eigenvalue weighted by Gasteiger charge is -2.46. The molecule has 7 heteroatoms. The number of rotatable bonds is 3. The molecule has 0 unspecified atom stereocenters. The van der Waals surface area contributed by atoms with Crippen LogP contribution in [0.5, 0.6) is 0 Å². The number of halogens is 3. The van der Waals surface area contributed by atoms with Crippen LogP contribution in [-0.4, -0.2) is 26.0 Å². The number of nitrogens with zero attached hydrogens (tertiary/aromatic N) is 2. The summed E-state index contributed by atoms with van der Waals surface area (Å²) in [4.78, 5) is 10.8. The van der Waals surface area contributed by atoms with Crippen molar-refractivity contribution in [3.05, 3.63) is 62.6 Å². The molecule has 0 atom stereocenters. The number of hydrogen-bond donors (Lipinski definition) is 1. The highest BCUT2D eigenvalue weighted by Crippen LogP contribution is 2.46. The molecule has 0 saturated carbocycles. The first kappa shape index (κ1) is 20.0. The van der Waals surface area contributed by atoms with Gasteiger partial charge in [-0.05, 0) is 67.7 Å². The van der Waals surface area contributed by atoms with Crippen LogP contribution < -0.4 is 10.4 Å². The SMILES string of the molecule is CON1C(=NCc2cccc(Cl)c2)C2(CCNCC2)Cc2cc(Cl)c(Cl)cc21. The molecule has 1 fully saturated rings. The lowest BCUT2D eigenvalue weighted by molar-refractivity contribution is 0.179. The van der Waals surface area contributed by atoms with Crippen molar-refractivity contribution < 1.29 is 4.84 Å². The first-order valence-corrected chi connectivity index (χ1v) is 10.5. The Balaban J connectivity index is 1.79. The highest BCUT2D eigenvalue weighted by Gasteiger charge is 2.45. The molecular formula is C21H22Cl3N3O. The molecule has 0 amide bonds. The lowest BCUT2D eigenvalue weighted by atomic mass is 9.70. The summed E-state index contributed by atoms with van der Waals surface area (Å²) in [5.41, 5.74) is 3.02. The Labute approximate surface area is 180 Å². The van der Waals surface area contributed by atoms with Crippen molar-refractivity contribution >= 4 is 46.3 Å². The van der Waals surface area contributed by atoms with Crippen molar-refractivity contribution in [1.82, 2.24) is 5.32 Å². The second kappa shape index (κ2) is 8.21. The lowest BCUT2D eigenvalue weighted by Crippen LogP contribution is -2.53. The van der Waals surface area contributed by atoms with E-state index in [4.69, 9.17) is 44.6 Å². The molecular weight excluding hydrogens is 417 g/mol. The van der Waals surface area contributed by atoms with Crippen molar-refractivity contribution in [2.75, 3.05) is 25.3 Å². The van der Waals surface area contributed by atoms with E-state index in [1.54, 1.807) is 7.11 Å². The summed E-state index contributed by atoms with van der Waals surface area (Å²) in [6.45, 7) is 2.44. The normalized spacial score (nSPS) is 19.9. The van der Waals surface area contributed by atoms with Crippen molar-refractivity contribution in [1.29, 1.82) is 0 Å². The van der Waals surface area contributed by atoms with Crippen LogP contribution in [0.1, 0.15) is 24.0 Å². The Kier molecular flexibility index (Phi) is 5.86. The van der Waals surface area contributed by atoms with E-state index >= 15 is 0 Å². The molecule has 148 valence electrons. The van der Waals surface area contributed by atoms with Crippen molar-refractivity contribution in [2.45, 2.75) is 25.8 Å². The van der Waals surface area contributed by atoms with Crippen LogP contribution in [0.3, 0.4) is 0 Å². The number of hydrogen-bond acceptors (Lipinski definition) is 3. The fraction of sp³-hybridized carbons (Fsp3) is 0.381. The molecule has 4 nitrogen and oxygen atoms in total. The van der Waals surface area contributed by atoms with E-state index < -0.39 is 0 Å². The summed E-state index contributed by atoms with van der Waals surface area (Å²) < 4.78 is 0. The van der Waals surface area contributed by atoms with Crippen LogP contribution in [0.25, 0.3) is 0 Å². The molecule has 0 radical (unpaired) electrons. The third-order valence-electron chi connectivity index (χ3n) is 5.58. The minimum Gasteiger partial charge on any atom is -0.317 e. The molecule has 2 heterocycles. The molecule has 1 N–H and O–H groups in total. The molecule has 1 saturated heterocycles. The maximum atomic E-state index is 6.31. The molecule has 2 aliphatic heterocycles. The summed E-state index contributed by atoms with van der Waals surface area (Å²) in [5.74, 6) is 0.947. The topological polar surface area (TPSA) is 36.9 Å². The predicted octanol–water partition coefficient (Wildman–Crippen LogP) is 5.54. The van der Waals surface area contributed by atoms with Gasteiger partial charge in [-0.1, -0.05) is 46.9 Å². The standard InChI is InChI=1S/C21H22Cl3N3O/c1-28-27-19-11-18(24)17(23)10-15(19)12-21(5-7-25-8-6-21)20(27)26-13-14-3-2-4-16(22)9-14/h2-4,9-11,25H,5-8,12-13H2,1H3. The Hall–Kier alpha value is -1.30. The smallest absolute Gasteiger partial charge is 0.136 e. The first-order valence-electron chi connectivity index (χ1n) is 9.35. The largest absolute Gasteiger partial charge is 0.317 e. The maximum absolute atomic E-state index is 6.31. The van der Waals surface area contributed by atoms with E-state index in [1.165, 1.54) is 0 Å². The Morgan fingerprint density at radius 1 is 1.11 bits per heavy atom. The summed E-state index contributed by atoms with van der Waals surface area (Å²) in [6.07, 6.45) is 2.84. The van der Waals surface area contributed by atoms with Crippen LogP contribution in [0.15, 0.2) is 41.4 Å². The number of anilines is 1. The zero-order valence-electron chi connectivity index (χ0n) is 15.6. The number of hydroxylamine groups is 1. The monoisotopic (exact) mass is 437 g/mol. The minimum atomic E-state index is -0.0933. The number of nitrogens with one attached hydrogen (secondary N) is 1. The van der Waals surface area contributed by atoms with Crippen molar-refractivity contribution in [2.24, 2.45) is 10.4 Å². The van der Waals surface area contributed by atoms with Gasteiger partial charge in [0.05, 0.1) is 29.4 Å². The Morgan fingerprint density at radius 3 is 2.57 bits per heavy atom. The van der Waals surface area contributed by atoms with E-state index in [9.17, 15) is 0 Å². The minimum absolute atomic E-state index is 0.0933. The van der Waals surface area contributed by atoms with Crippen LogP contribution in [0.4, 0.5) is 5.69 Å². The number of aliphatic imine (C=N–C) groups is 1. The third kappa shape index (κ3) is 3.77. The van der Waals surface area contributed by atoms with Crippen LogP contribution in [0.2, 0.25) is 15.1 Å². The summed E-state index contributed by atoms with van der Waals surface area (Å²) in [6, 6.07) is 11.6. The number of benzene rings is 2. The highest BCUT2D eigenvalue weighted by atomic mass is 35.5. The third-order valence-corrected chi connectivity index (χ3v) is 6.54. The van der Waals surface area contributed by atoms with Crippen molar-refractivity contribution in [3.63, 3.8) is 0 Å². The summed E-state index contributed by atoms with van der Waals surface area (Å²) in [7, 11) is 1.67. The molecule has 2 aromatic carbocycles. The van der Waals surface area contributed by atoms with Crippen molar-refractivity contribution in [3.8, 4) is 0 Å². The summed E-state index contributed by atoms with van der Waals surface area (Å²) >= 11 is 18.8. The second-order valence-electron chi connectivity index (χ2n) is 7.35. The zero-order valence-corrected chi connectivity index (χ0v) is 17.9. The van der Waals surface area contributed by atoms with E-state index in [0.717, 1.165) is 55.0 Å². The Morgan fingerprint density at radius 2 is 1.86 bits per heavy atom. The van der Waals surface area contributed by atoms with Gasteiger partial charge in [0, 0.05) is 10.4 Å². The quantitative estimate of drug-likeness (QED) is 0.683. The number of amidine groups is 1.